The third-order valence-corrected chi connectivity index (χ3v) is 6.06. The third kappa shape index (κ3) is 3.06. The quantitative estimate of drug-likeness (QED) is 0.757. The second-order valence-electron chi connectivity index (χ2n) is 7.57. The number of benzene rings is 1. The molecule has 25 heavy (non-hydrogen) atoms. The van der Waals surface area contributed by atoms with E-state index in [1.807, 2.05) is 6.07 Å². The van der Waals surface area contributed by atoms with E-state index in [4.69, 9.17) is 16.6 Å². The highest BCUT2D eigenvalue weighted by Crippen LogP contribution is 2.42. The summed E-state index contributed by atoms with van der Waals surface area (Å²) in [5, 5.41) is 0.779. The summed E-state index contributed by atoms with van der Waals surface area (Å²) in [6.45, 7) is 9.93. The van der Waals surface area contributed by atoms with Crippen LogP contribution in [-0.4, -0.2) is 55.4 Å². The maximum Gasteiger partial charge on any atom is 0.153 e. The van der Waals surface area contributed by atoms with Gasteiger partial charge in [0.15, 0.2) is 5.84 Å². The first-order valence-corrected chi connectivity index (χ1v) is 9.76. The Morgan fingerprint density at radius 3 is 2.68 bits per heavy atom. The molecule has 0 bridgehead atoms. The van der Waals surface area contributed by atoms with E-state index in [0.717, 1.165) is 55.0 Å². The van der Waals surface area contributed by atoms with E-state index in [1.54, 1.807) is 0 Å². The van der Waals surface area contributed by atoms with Crippen LogP contribution in [0.5, 0.6) is 0 Å². The minimum atomic E-state index is 0.615. The van der Waals surface area contributed by atoms with Gasteiger partial charge >= 0.3 is 0 Å². The molecule has 3 aliphatic heterocycles. The van der Waals surface area contributed by atoms with Crippen molar-refractivity contribution >= 4 is 28.8 Å². The number of halogens is 1. The molecular formula is C20H27ClN4. The zero-order valence-electron chi connectivity index (χ0n) is 15.4. The lowest BCUT2D eigenvalue weighted by molar-refractivity contribution is 0.215. The van der Waals surface area contributed by atoms with Crippen molar-refractivity contribution in [3.05, 3.63) is 35.0 Å². The Balaban J connectivity index is 1.79. The van der Waals surface area contributed by atoms with Crippen LogP contribution in [0.4, 0.5) is 11.4 Å². The van der Waals surface area contributed by atoms with Gasteiger partial charge in [0.25, 0.3) is 0 Å². The van der Waals surface area contributed by atoms with Crippen LogP contribution in [0.15, 0.2) is 35.0 Å². The number of hydrogen-bond acceptors (Lipinski definition) is 4. The maximum atomic E-state index is 6.29. The van der Waals surface area contributed by atoms with E-state index < -0.39 is 0 Å². The van der Waals surface area contributed by atoms with Crippen LogP contribution >= 0.6 is 11.6 Å². The van der Waals surface area contributed by atoms with Gasteiger partial charge in [0.2, 0.25) is 0 Å². The second-order valence-corrected chi connectivity index (χ2v) is 8.01. The molecule has 0 spiro atoms. The van der Waals surface area contributed by atoms with E-state index in [-0.39, 0.29) is 0 Å². The lowest BCUT2D eigenvalue weighted by Gasteiger charge is -2.44. The van der Waals surface area contributed by atoms with E-state index in [9.17, 15) is 0 Å². The van der Waals surface area contributed by atoms with Crippen molar-refractivity contribution in [1.82, 2.24) is 9.80 Å². The van der Waals surface area contributed by atoms with Gasteiger partial charge in [0.1, 0.15) is 0 Å². The molecule has 4 rings (SSSR count). The first kappa shape index (κ1) is 16.9. The highest BCUT2D eigenvalue weighted by molar-refractivity contribution is 6.31. The molecule has 0 amide bonds. The molecule has 1 fully saturated rings. The molecule has 1 aromatic rings. The Morgan fingerprint density at radius 1 is 1.20 bits per heavy atom. The van der Waals surface area contributed by atoms with Gasteiger partial charge < -0.3 is 14.7 Å². The van der Waals surface area contributed by atoms with Crippen LogP contribution in [-0.2, 0) is 0 Å². The van der Waals surface area contributed by atoms with Crippen molar-refractivity contribution in [3.8, 4) is 0 Å². The molecule has 134 valence electrons. The van der Waals surface area contributed by atoms with Gasteiger partial charge in [0, 0.05) is 37.7 Å². The Hall–Kier alpha value is -1.52. The summed E-state index contributed by atoms with van der Waals surface area (Å²) in [6, 6.07) is 6.07. The molecule has 0 saturated carbocycles. The van der Waals surface area contributed by atoms with Crippen LogP contribution < -0.4 is 4.90 Å². The summed E-state index contributed by atoms with van der Waals surface area (Å²) >= 11 is 6.29. The first-order valence-electron chi connectivity index (χ1n) is 9.38. The number of anilines is 1. The molecule has 3 heterocycles. The van der Waals surface area contributed by atoms with Crippen molar-refractivity contribution in [1.29, 1.82) is 0 Å². The highest BCUT2D eigenvalue weighted by Gasteiger charge is 2.35. The minimum Gasteiger partial charge on any atom is -0.352 e. The number of allylic oxidation sites excluding steroid dienone is 1. The van der Waals surface area contributed by atoms with Gasteiger partial charge in [0.05, 0.1) is 17.1 Å². The predicted octanol–water partition coefficient (Wildman–Crippen LogP) is 4.00. The third-order valence-electron chi connectivity index (χ3n) is 5.82. The molecule has 0 N–H and O–H groups in total. The standard InChI is InChI=1S/C20H27ClN4/c1-4-15-11-19-20(24-9-7-23(3)8-10-24)22-17-6-5-16(21)12-18(17)25(19)13-14(15)2/h5-6,11-12,14-15H,4,7-10,13H2,1-3H3. The average Bonchev–Trinajstić information content (AvgIpc) is 2.61. The van der Waals surface area contributed by atoms with E-state index in [0.29, 0.717) is 11.8 Å². The van der Waals surface area contributed by atoms with Crippen LogP contribution in [0.1, 0.15) is 20.3 Å². The molecule has 1 saturated heterocycles. The van der Waals surface area contributed by atoms with Crippen molar-refractivity contribution < 1.29 is 0 Å². The topological polar surface area (TPSA) is 22.1 Å². The fraction of sp³-hybridized carbons (Fsp3) is 0.550. The van der Waals surface area contributed by atoms with Crippen molar-refractivity contribution in [2.45, 2.75) is 20.3 Å². The van der Waals surface area contributed by atoms with Crippen LogP contribution in [0, 0.1) is 11.8 Å². The van der Waals surface area contributed by atoms with Crippen molar-refractivity contribution in [2.24, 2.45) is 16.8 Å². The van der Waals surface area contributed by atoms with Gasteiger partial charge in [-0.25, -0.2) is 4.99 Å². The number of hydrogen-bond donors (Lipinski definition) is 0. The number of amidine groups is 1. The molecule has 3 aliphatic rings. The fourth-order valence-electron chi connectivity index (χ4n) is 4.15. The van der Waals surface area contributed by atoms with E-state index in [2.05, 4.69) is 53.8 Å². The van der Waals surface area contributed by atoms with Gasteiger partial charge in [-0.1, -0.05) is 31.5 Å². The normalized spacial score (nSPS) is 26.7. The zero-order chi connectivity index (χ0) is 17.6. The van der Waals surface area contributed by atoms with Crippen LogP contribution in [0.2, 0.25) is 5.02 Å². The Bertz CT molecular complexity index is 718. The minimum absolute atomic E-state index is 0.615. The van der Waals surface area contributed by atoms with Gasteiger partial charge in [-0.05, 0) is 43.5 Å². The van der Waals surface area contributed by atoms with Crippen LogP contribution in [0.25, 0.3) is 0 Å². The Labute approximate surface area is 155 Å². The van der Waals surface area contributed by atoms with Gasteiger partial charge in [-0.2, -0.15) is 0 Å². The fourth-order valence-corrected chi connectivity index (χ4v) is 4.32. The van der Waals surface area contributed by atoms with Crippen molar-refractivity contribution in [3.63, 3.8) is 0 Å². The number of fused-ring (bicyclic) bond motifs is 3. The summed E-state index contributed by atoms with van der Waals surface area (Å²) in [6.07, 6.45) is 3.63. The predicted molar refractivity (Wildman–Crippen MR) is 106 cm³/mol. The number of nitrogens with zero attached hydrogens (tertiary/aromatic N) is 4. The van der Waals surface area contributed by atoms with Crippen molar-refractivity contribution in [2.75, 3.05) is 44.7 Å². The largest absolute Gasteiger partial charge is 0.352 e. The molecule has 0 aliphatic carbocycles. The Morgan fingerprint density at radius 2 is 1.96 bits per heavy atom. The molecule has 4 nitrogen and oxygen atoms in total. The number of piperazine rings is 1. The molecule has 0 aromatic heterocycles. The summed E-state index contributed by atoms with van der Waals surface area (Å²) in [5.74, 6) is 2.39. The second kappa shape index (κ2) is 6.65. The molecule has 2 atom stereocenters. The van der Waals surface area contributed by atoms with Crippen LogP contribution in [0.3, 0.4) is 0 Å². The van der Waals surface area contributed by atoms with Gasteiger partial charge in [-0.15, -0.1) is 0 Å². The number of rotatable bonds is 1. The van der Waals surface area contributed by atoms with E-state index in [1.165, 1.54) is 12.1 Å². The summed E-state index contributed by atoms with van der Waals surface area (Å²) < 4.78 is 0. The smallest absolute Gasteiger partial charge is 0.153 e. The zero-order valence-corrected chi connectivity index (χ0v) is 16.1. The summed E-state index contributed by atoms with van der Waals surface area (Å²) in [7, 11) is 2.19. The molecule has 1 aromatic carbocycles. The lowest BCUT2D eigenvalue weighted by Crippen LogP contribution is -2.51. The SMILES string of the molecule is CCC1C=C2C(N3CCN(C)CC3)=Nc3ccc(Cl)cc3N2CC1C. The number of likely N-dealkylation sites (N-methyl/N-ethyl adjacent to an activating group) is 1. The average molecular weight is 359 g/mol. The van der Waals surface area contributed by atoms with E-state index >= 15 is 0 Å². The maximum absolute atomic E-state index is 6.29. The summed E-state index contributed by atoms with van der Waals surface area (Å²) in [5.41, 5.74) is 3.47. The Kier molecular flexibility index (Phi) is 4.50. The molecule has 2 unspecified atom stereocenters. The lowest BCUT2D eigenvalue weighted by atomic mass is 9.86. The monoisotopic (exact) mass is 358 g/mol. The van der Waals surface area contributed by atoms with Gasteiger partial charge in [-0.3, -0.25) is 0 Å². The molecular weight excluding hydrogens is 332 g/mol. The molecule has 5 heteroatoms. The number of aliphatic imine (C=N–C) groups is 1. The molecule has 0 radical (unpaired) electrons. The first-order chi connectivity index (χ1) is 12.1. The summed E-state index contributed by atoms with van der Waals surface area (Å²) in [4.78, 5) is 12.4. The highest BCUT2D eigenvalue weighted by atomic mass is 35.5.